The zero-order valence-electron chi connectivity index (χ0n) is 12.4. The summed E-state index contributed by atoms with van der Waals surface area (Å²) in [7, 11) is -1.81. The van der Waals surface area contributed by atoms with Crippen molar-refractivity contribution in [1.82, 2.24) is 24.1 Å². The van der Waals surface area contributed by atoms with E-state index in [1.807, 2.05) is 0 Å². The number of aryl methyl sites for hydroxylation is 2. The Morgan fingerprint density at radius 2 is 2.23 bits per heavy atom. The molecule has 1 aliphatic heterocycles. The molecule has 1 aliphatic rings. The molecule has 3 rings (SSSR count). The molecule has 1 fully saturated rings. The minimum Gasteiger partial charge on any atom is -0.472 e. The second-order valence-electron chi connectivity index (χ2n) is 5.19. The van der Waals surface area contributed by atoms with E-state index in [4.69, 9.17) is 4.74 Å². The first kappa shape index (κ1) is 14.9. The van der Waals surface area contributed by atoms with Crippen LogP contribution in [0.3, 0.4) is 0 Å². The van der Waals surface area contributed by atoms with Gasteiger partial charge in [-0.05, 0) is 19.4 Å². The SMILES string of the molecule is Cc1nc(S(=O)(=O)N2CCC(Oc3cccnn3)C2)cn1C. The van der Waals surface area contributed by atoms with Crippen molar-refractivity contribution in [1.29, 1.82) is 0 Å². The third kappa shape index (κ3) is 2.81. The van der Waals surface area contributed by atoms with Crippen molar-refractivity contribution in [3.8, 4) is 5.88 Å². The largest absolute Gasteiger partial charge is 0.472 e. The number of rotatable bonds is 4. The monoisotopic (exact) mass is 323 g/mol. The van der Waals surface area contributed by atoms with Crippen molar-refractivity contribution in [3.05, 3.63) is 30.4 Å². The van der Waals surface area contributed by atoms with Gasteiger partial charge in [0.1, 0.15) is 11.9 Å². The number of sulfonamides is 1. The van der Waals surface area contributed by atoms with Gasteiger partial charge >= 0.3 is 0 Å². The van der Waals surface area contributed by atoms with E-state index in [0.29, 0.717) is 24.7 Å². The molecular formula is C13H17N5O3S. The van der Waals surface area contributed by atoms with E-state index in [0.717, 1.165) is 0 Å². The summed E-state index contributed by atoms with van der Waals surface area (Å²) in [5.74, 6) is 1.06. The van der Waals surface area contributed by atoms with Crippen molar-refractivity contribution < 1.29 is 13.2 Å². The lowest BCUT2D eigenvalue weighted by atomic mass is 10.3. The highest BCUT2D eigenvalue weighted by molar-refractivity contribution is 7.89. The van der Waals surface area contributed by atoms with Crippen LogP contribution in [-0.4, -0.2) is 51.7 Å². The minimum atomic E-state index is -3.58. The molecule has 1 unspecified atom stereocenters. The zero-order valence-corrected chi connectivity index (χ0v) is 13.2. The number of hydrogen-bond acceptors (Lipinski definition) is 6. The summed E-state index contributed by atoms with van der Waals surface area (Å²) >= 11 is 0. The molecule has 0 bridgehead atoms. The van der Waals surface area contributed by atoms with Gasteiger partial charge in [-0.2, -0.15) is 9.40 Å². The average molecular weight is 323 g/mol. The molecule has 1 saturated heterocycles. The average Bonchev–Trinajstić information content (AvgIpc) is 3.09. The predicted molar refractivity (Wildman–Crippen MR) is 77.8 cm³/mol. The fraction of sp³-hybridized carbons (Fsp3) is 0.462. The summed E-state index contributed by atoms with van der Waals surface area (Å²) in [6, 6.07) is 3.43. The molecule has 22 heavy (non-hydrogen) atoms. The van der Waals surface area contributed by atoms with Gasteiger partial charge < -0.3 is 9.30 Å². The molecule has 0 aromatic carbocycles. The first-order valence-electron chi connectivity index (χ1n) is 6.91. The van der Waals surface area contributed by atoms with E-state index in [1.54, 1.807) is 36.9 Å². The molecule has 9 heteroatoms. The molecule has 0 aliphatic carbocycles. The molecule has 0 radical (unpaired) electrons. The van der Waals surface area contributed by atoms with Crippen molar-refractivity contribution in [3.63, 3.8) is 0 Å². The lowest BCUT2D eigenvalue weighted by molar-refractivity contribution is 0.204. The normalized spacial score (nSPS) is 19.5. The van der Waals surface area contributed by atoms with Crippen molar-refractivity contribution in [2.24, 2.45) is 7.05 Å². The maximum atomic E-state index is 12.6. The third-order valence-electron chi connectivity index (χ3n) is 3.63. The van der Waals surface area contributed by atoms with E-state index in [1.165, 1.54) is 10.5 Å². The van der Waals surface area contributed by atoms with Crippen LogP contribution < -0.4 is 4.74 Å². The minimum absolute atomic E-state index is 0.0765. The van der Waals surface area contributed by atoms with Crippen LogP contribution in [0.4, 0.5) is 0 Å². The Bertz CT molecular complexity index is 740. The maximum Gasteiger partial charge on any atom is 0.262 e. The molecule has 3 heterocycles. The number of ether oxygens (including phenoxy) is 1. The number of imidazole rings is 1. The van der Waals surface area contributed by atoms with Crippen LogP contribution >= 0.6 is 0 Å². The highest BCUT2D eigenvalue weighted by Gasteiger charge is 2.35. The van der Waals surface area contributed by atoms with Crippen LogP contribution in [0.1, 0.15) is 12.2 Å². The summed E-state index contributed by atoms with van der Waals surface area (Å²) in [5, 5.41) is 7.66. The second kappa shape index (κ2) is 5.65. The Hall–Kier alpha value is -2.00. The molecule has 0 amide bonds. The van der Waals surface area contributed by atoms with Crippen LogP contribution in [0.2, 0.25) is 0 Å². The highest BCUT2D eigenvalue weighted by atomic mass is 32.2. The van der Waals surface area contributed by atoms with E-state index in [-0.39, 0.29) is 17.7 Å². The van der Waals surface area contributed by atoms with Crippen molar-refractivity contribution >= 4 is 10.0 Å². The Balaban J connectivity index is 1.72. The van der Waals surface area contributed by atoms with E-state index < -0.39 is 10.0 Å². The Kier molecular flexibility index (Phi) is 3.83. The fourth-order valence-electron chi connectivity index (χ4n) is 2.32. The molecule has 0 spiro atoms. The quantitative estimate of drug-likeness (QED) is 0.807. The number of nitrogens with zero attached hydrogens (tertiary/aromatic N) is 5. The molecule has 8 nitrogen and oxygen atoms in total. The van der Waals surface area contributed by atoms with Crippen LogP contribution in [0.25, 0.3) is 0 Å². The fourth-order valence-corrected chi connectivity index (χ4v) is 3.83. The first-order chi connectivity index (χ1) is 10.5. The van der Waals surface area contributed by atoms with Gasteiger partial charge in [0.2, 0.25) is 5.88 Å². The van der Waals surface area contributed by atoms with E-state index in [2.05, 4.69) is 15.2 Å². The number of aromatic nitrogens is 4. The predicted octanol–water partition coefficient (Wildman–Crippen LogP) is 0.361. The maximum absolute atomic E-state index is 12.6. The molecule has 0 N–H and O–H groups in total. The molecular weight excluding hydrogens is 306 g/mol. The van der Waals surface area contributed by atoms with Gasteiger partial charge in [-0.3, -0.25) is 0 Å². The van der Waals surface area contributed by atoms with Crippen LogP contribution in [-0.2, 0) is 17.1 Å². The lowest BCUT2D eigenvalue weighted by Gasteiger charge is -2.15. The molecule has 118 valence electrons. The van der Waals surface area contributed by atoms with Crippen LogP contribution in [0, 0.1) is 6.92 Å². The third-order valence-corrected chi connectivity index (χ3v) is 5.37. The van der Waals surface area contributed by atoms with Gasteiger partial charge in [0.15, 0.2) is 5.03 Å². The van der Waals surface area contributed by atoms with E-state index in [9.17, 15) is 8.42 Å². The molecule has 2 aromatic rings. The standard InChI is InChI=1S/C13H17N5O3S/c1-10-15-13(9-17(10)2)22(19,20)18-7-5-11(8-18)21-12-4-3-6-14-16-12/h3-4,6,9,11H,5,7-8H2,1-2H3. The van der Waals surface area contributed by atoms with Gasteiger partial charge in [-0.1, -0.05) is 0 Å². The van der Waals surface area contributed by atoms with Crippen molar-refractivity contribution in [2.45, 2.75) is 24.5 Å². The molecule has 1 atom stereocenters. The smallest absolute Gasteiger partial charge is 0.262 e. The number of hydrogen-bond donors (Lipinski definition) is 0. The molecule has 0 saturated carbocycles. The van der Waals surface area contributed by atoms with Gasteiger partial charge in [-0.15, -0.1) is 5.10 Å². The Morgan fingerprint density at radius 1 is 1.41 bits per heavy atom. The summed E-state index contributed by atoms with van der Waals surface area (Å²) in [6.07, 6.45) is 3.47. The second-order valence-corrected chi connectivity index (χ2v) is 7.08. The van der Waals surface area contributed by atoms with Crippen LogP contribution in [0.5, 0.6) is 5.88 Å². The summed E-state index contributed by atoms with van der Waals surface area (Å²) in [4.78, 5) is 4.11. The Labute approximate surface area is 128 Å². The van der Waals surface area contributed by atoms with Gasteiger partial charge in [0.25, 0.3) is 10.0 Å². The topological polar surface area (TPSA) is 90.2 Å². The van der Waals surface area contributed by atoms with Gasteiger partial charge in [0.05, 0.1) is 6.54 Å². The zero-order chi connectivity index (χ0) is 15.7. The Morgan fingerprint density at radius 3 is 2.86 bits per heavy atom. The van der Waals surface area contributed by atoms with Crippen molar-refractivity contribution in [2.75, 3.05) is 13.1 Å². The van der Waals surface area contributed by atoms with E-state index >= 15 is 0 Å². The lowest BCUT2D eigenvalue weighted by Crippen LogP contribution is -2.31. The highest BCUT2D eigenvalue weighted by Crippen LogP contribution is 2.22. The summed E-state index contributed by atoms with van der Waals surface area (Å²) < 4.78 is 33.9. The van der Waals surface area contributed by atoms with Crippen LogP contribution in [0.15, 0.2) is 29.6 Å². The van der Waals surface area contributed by atoms with Gasteiger partial charge in [0, 0.05) is 32.1 Å². The summed E-state index contributed by atoms with van der Waals surface area (Å²) in [5.41, 5.74) is 0. The van der Waals surface area contributed by atoms with Gasteiger partial charge in [-0.25, -0.2) is 13.4 Å². The summed E-state index contributed by atoms with van der Waals surface area (Å²) in [6.45, 7) is 2.46. The molecule has 2 aromatic heterocycles. The first-order valence-corrected chi connectivity index (χ1v) is 8.35.